The van der Waals surface area contributed by atoms with Crippen molar-refractivity contribution < 1.29 is 14.6 Å². The van der Waals surface area contributed by atoms with E-state index < -0.39 is 6.10 Å². The molecule has 0 radical (unpaired) electrons. The number of hydrogen-bond donors (Lipinski definition) is 2. The fourth-order valence-electron chi connectivity index (χ4n) is 1.90. The normalized spacial score (nSPS) is 14.7. The standard InChI is InChI=1S/C13H27NO3/c1-5-10(6-2)12(15)9-14-11(7-3)13(16)17-8-4/h10-12,14-15H,5-9H2,1-4H3. The third-order valence-electron chi connectivity index (χ3n) is 3.15. The minimum atomic E-state index is -0.395. The molecule has 0 amide bonds. The van der Waals surface area contributed by atoms with E-state index in [1.165, 1.54) is 0 Å². The smallest absolute Gasteiger partial charge is 0.323 e. The highest BCUT2D eigenvalue weighted by molar-refractivity contribution is 5.75. The molecule has 0 saturated carbocycles. The number of rotatable bonds is 9. The SMILES string of the molecule is CCOC(=O)C(CC)NCC(O)C(CC)CC. The predicted octanol–water partition coefficient (Wildman–Crippen LogP) is 1.71. The van der Waals surface area contributed by atoms with Gasteiger partial charge in [0.25, 0.3) is 0 Å². The van der Waals surface area contributed by atoms with Crippen LogP contribution < -0.4 is 5.32 Å². The molecule has 0 saturated heterocycles. The van der Waals surface area contributed by atoms with E-state index in [-0.39, 0.29) is 12.0 Å². The minimum absolute atomic E-state index is 0.230. The molecule has 2 unspecified atom stereocenters. The summed E-state index contributed by atoms with van der Waals surface area (Å²) in [7, 11) is 0. The van der Waals surface area contributed by atoms with Gasteiger partial charge in [-0.3, -0.25) is 4.79 Å². The Morgan fingerprint density at radius 2 is 1.76 bits per heavy atom. The van der Waals surface area contributed by atoms with E-state index >= 15 is 0 Å². The lowest BCUT2D eigenvalue weighted by Crippen LogP contribution is -2.43. The Hall–Kier alpha value is -0.610. The molecule has 0 aromatic rings. The van der Waals surface area contributed by atoms with Crippen molar-refractivity contribution in [3.8, 4) is 0 Å². The molecule has 4 nitrogen and oxygen atoms in total. The first-order valence-electron chi connectivity index (χ1n) is 6.68. The highest BCUT2D eigenvalue weighted by atomic mass is 16.5. The molecule has 102 valence electrons. The number of esters is 1. The van der Waals surface area contributed by atoms with Gasteiger partial charge in [-0.1, -0.05) is 33.6 Å². The van der Waals surface area contributed by atoms with Gasteiger partial charge < -0.3 is 15.2 Å². The van der Waals surface area contributed by atoms with E-state index in [4.69, 9.17) is 4.74 Å². The van der Waals surface area contributed by atoms with E-state index in [0.29, 0.717) is 25.5 Å². The molecule has 0 rings (SSSR count). The first kappa shape index (κ1) is 16.4. The van der Waals surface area contributed by atoms with Gasteiger partial charge in [-0.2, -0.15) is 0 Å². The van der Waals surface area contributed by atoms with Gasteiger partial charge in [-0.05, 0) is 19.3 Å². The number of carbonyl (C=O) groups is 1. The van der Waals surface area contributed by atoms with E-state index in [9.17, 15) is 9.90 Å². The van der Waals surface area contributed by atoms with Gasteiger partial charge in [0.1, 0.15) is 6.04 Å². The summed E-state index contributed by atoms with van der Waals surface area (Å²) in [5.74, 6) is 0.0638. The van der Waals surface area contributed by atoms with Crippen molar-refractivity contribution in [2.75, 3.05) is 13.2 Å². The molecule has 0 bridgehead atoms. The molecular formula is C13H27NO3. The van der Waals surface area contributed by atoms with Crippen molar-refractivity contribution in [1.82, 2.24) is 5.32 Å². The number of carbonyl (C=O) groups excluding carboxylic acids is 1. The Kier molecular flexibility index (Phi) is 9.09. The van der Waals surface area contributed by atoms with E-state index in [1.54, 1.807) is 6.92 Å². The fourth-order valence-corrected chi connectivity index (χ4v) is 1.90. The van der Waals surface area contributed by atoms with E-state index in [1.807, 2.05) is 6.92 Å². The van der Waals surface area contributed by atoms with Crippen LogP contribution in [0.2, 0.25) is 0 Å². The molecule has 2 N–H and O–H groups in total. The predicted molar refractivity (Wildman–Crippen MR) is 68.8 cm³/mol. The molecule has 0 fully saturated rings. The van der Waals surface area contributed by atoms with E-state index in [0.717, 1.165) is 12.8 Å². The molecule has 0 aliphatic carbocycles. The Balaban J connectivity index is 4.09. The Bertz CT molecular complexity index is 205. The van der Waals surface area contributed by atoms with Gasteiger partial charge in [0, 0.05) is 6.54 Å². The molecule has 4 heteroatoms. The quantitative estimate of drug-likeness (QED) is 0.607. The fraction of sp³-hybridized carbons (Fsp3) is 0.923. The average Bonchev–Trinajstić information content (AvgIpc) is 2.31. The van der Waals surface area contributed by atoms with Crippen LogP contribution in [0.1, 0.15) is 47.0 Å². The molecule has 0 spiro atoms. The summed E-state index contributed by atoms with van der Waals surface area (Å²) in [6.07, 6.45) is 2.19. The maximum atomic E-state index is 11.5. The number of aliphatic hydroxyl groups is 1. The second-order valence-corrected chi connectivity index (χ2v) is 4.27. The van der Waals surface area contributed by atoms with Gasteiger partial charge in [-0.15, -0.1) is 0 Å². The van der Waals surface area contributed by atoms with Crippen LogP contribution in [-0.2, 0) is 9.53 Å². The Labute approximate surface area is 105 Å². The molecule has 17 heavy (non-hydrogen) atoms. The molecule has 0 aromatic heterocycles. The minimum Gasteiger partial charge on any atom is -0.465 e. The summed E-state index contributed by atoms with van der Waals surface area (Å²) in [6.45, 7) is 8.71. The third kappa shape index (κ3) is 6.03. The molecule has 0 aliphatic heterocycles. The van der Waals surface area contributed by atoms with Crippen LogP contribution in [0, 0.1) is 5.92 Å². The summed E-state index contributed by atoms with van der Waals surface area (Å²) in [5, 5.41) is 13.0. The van der Waals surface area contributed by atoms with Crippen molar-refractivity contribution in [1.29, 1.82) is 0 Å². The number of nitrogens with one attached hydrogen (secondary N) is 1. The second kappa shape index (κ2) is 9.42. The van der Waals surface area contributed by atoms with Gasteiger partial charge >= 0.3 is 5.97 Å². The summed E-state index contributed by atoms with van der Waals surface area (Å²) in [5.41, 5.74) is 0. The number of aliphatic hydroxyl groups excluding tert-OH is 1. The summed E-state index contributed by atoms with van der Waals surface area (Å²) in [4.78, 5) is 11.5. The maximum absolute atomic E-state index is 11.5. The molecule has 0 aromatic carbocycles. The average molecular weight is 245 g/mol. The maximum Gasteiger partial charge on any atom is 0.323 e. The topological polar surface area (TPSA) is 58.6 Å². The largest absolute Gasteiger partial charge is 0.465 e. The zero-order chi connectivity index (χ0) is 13.3. The van der Waals surface area contributed by atoms with Gasteiger partial charge in [0.15, 0.2) is 0 Å². The molecule has 0 heterocycles. The van der Waals surface area contributed by atoms with Crippen LogP contribution in [0.5, 0.6) is 0 Å². The van der Waals surface area contributed by atoms with Gasteiger partial charge in [0.05, 0.1) is 12.7 Å². The van der Waals surface area contributed by atoms with Crippen LogP contribution >= 0.6 is 0 Å². The van der Waals surface area contributed by atoms with Crippen LogP contribution in [0.3, 0.4) is 0 Å². The van der Waals surface area contributed by atoms with Gasteiger partial charge in [0.2, 0.25) is 0 Å². The first-order chi connectivity index (χ1) is 8.10. The zero-order valence-electron chi connectivity index (χ0n) is 11.5. The second-order valence-electron chi connectivity index (χ2n) is 4.27. The van der Waals surface area contributed by atoms with Crippen LogP contribution in [-0.4, -0.2) is 36.4 Å². The summed E-state index contributed by atoms with van der Waals surface area (Å²) in [6, 6.07) is -0.307. The Morgan fingerprint density at radius 1 is 1.18 bits per heavy atom. The lowest BCUT2D eigenvalue weighted by atomic mass is 9.96. The lowest BCUT2D eigenvalue weighted by Gasteiger charge is -2.23. The summed E-state index contributed by atoms with van der Waals surface area (Å²) < 4.78 is 4.96. The van der Waals surface area contributed by atoms with Crippen molar-refractivity contribution in [2.45, 2.75) is 59.1 Å². The van der Waals surface area contributed by atoms with Crippen LogP contribution in [0.25, 0.3) is 0 Å². The van der Waals surface area contributed by atoms with Crippen molar-refractivity contribution in [3.63, 3.8) is 0 Å². The van der Waals surface area contributed by atoms with Crippen molar-refractivity contribution >= 4 is 5.97 Å². The first-order valence-corrected chi connectivity index (χ1v) is 6.68. The van der Waals surface area contributed by atoms with Crippen LogP contribution in [0.4, 0.5) is 0 Å². The zero-order valence-corrected chi connectivity index (χ0v) is 11.5. The lowest BCUT2D eigenvalue weighted by molar-refractivity contribution is -0.145. The highest BCUT2D eigenvalue weighted by Crippen LogP contribution is 2.12. The number of ether oxygens (including phenoxy) is 1. The molecule has 2 atom stereocenters. The van der Waals surface area contributed by atoms with E-state index in [2.05, 4.69) is 19.2 Å². The Morgan fingerprint density at radius 3 is 2.18 bits per heavy atom. The highest BCUT2D eigenvalue weighted by Gasteiger charge is 2.21. The van der Waals surface area contributed by atoms with Gasteiger partial charge in [-0.25, -0.2) is 0 Å². The monoisotopic (exact) mass is 245 g/mol. The van der Waals surface area contributed by atoms with Crippen molar-refractivity contribution in [2.24, 2.45) is 5.92 Å². The third-order valence-corrected chi connectivity index (χ3v) is 3.15. The van der Waals surface area contributed by atoms with Crippen molar-refractivity contribution in [3.05, 3.63) is 0 Å². The summed E-state index contributed by atoms with van der Waals surface area (Å²) >= 11 is 0. The molecular weight excluding hydrogens is 218 g/mol. The molecule has 0 aliphatic rings. The van der Waals surface area contributed by atoms with Crippen LogP contribution in [0.15, 0.2) is 0 Å². The number of hydrogen-bond acceptors (Lipinski definition) is 4.